The van der Waals surface area contributed by atoms with Crippen LogP contribution >= 0.6 is 11.8 Å². The quantitative estimate of drug-likeness (QED) is 0.797. The van der Waals surface area contributed by atoms with E-state index in [0.717, 1.165) is 22.4 Å². The van der Waals surface area contributed by atoms with Crippen molar-refractivity contribution in [3.8, 4) is 17.6 Å². The molecule has 1 aliphatic rings. The summed E-state index contributed by atoms with van der Waals surface area (Å²) in [5.41, 5.74) is 4.28. The molecule has 6 nitrogen and oxygen atoms in total. The molecule has 0 fully saturated rings. The van der Waals surface area contributed by atoms with Crippen LogP contribution in [0.1, 0.15) is 34.9 Å². The molecule has 0 radical (unpaired) electrons. The van der Waals surface area contributed by atoms with E-state index < -0.39 is 0 Å². The number of nitrogens with one attached hydrogen (secondary N) is 1. The molecular formula is C20H21N3O3S. The SMILES string of the molecule is Cc1nc(SC(C)C(=O)NCc2ccc3c(c2)OCO3)c(C#N)c(C)c1C. The maximum atomic E-state index is 12.5. The van der Waals surface area contributed by atoms with Crippen LogP contribution in [0.5, 0.6) is 11.5 Å². The number of nitriles is 1. The Kier molecular flexibility index (Phi) is 5.57. The highest BCUT2D eigenvalue weighted by Crippen LogP contribution is 2.32. The van der Waals surface area contributed by atoms with E-state index in [2.05, 4.69) is 16.4 Å². The Labute approximate surface area is 162 Å². The number of benzene rings is 1. The number of aromatic nitrogens is 1. The smallest absolute Gasteiger partial charge is 0.233 e. The number of rotatable bonds is 5. The molecule has 7 heteroatoms. The molecule has 0 spiro atoms. The summed E-state index contributed by atoms with van der Waals surface area (Å²) in [7, 11) is 0. The zero-order chi connectivity index (χ0) is 19.6. The van der Waals surface area contributed by atoms with E-state index in [0.29, 0.717) is 28.6 Å². The highest BCUT2D eigenvalue weighted by atomic mass is 32.2. The van der Waals surface area contributed by atoms with Crippen molar-refractivity contribution in [3.63, 3.8) is 0 Å². The Morgan fingerprint density at radius 2 is 2.04 bits per heavy atom. The van der Waals surface area contributed by atoms with Gasteiger partial charge in [0.2, 0.25) is 12.7 Å². The molecule has 0 saturated carbocycles. The van der Waals surface area contributed by atoms with Gasteiger partial charge >= 0.3 is 0 Å². The van der Waals surface area contributed by atoms with Gasteiger partial charge in [0.25, 0.3) is 0 Å². The first kappa shape index (κ1) is 19.1. The lowest BCUT2D eigenvalue weighted by molar-refractivity contribution is -0.120. The molecule has 1 atom stereocenters. The van der Waals surface area contributed by atoms with Crippen LogP contribution in [0, 0.1) is 32.1 Å². The number of aryl methyl sites for hydroxylation is 1. The predicted molar refractivity (Wildman–Crippen MR) is 103 cm³/mol. The average Bonchev–Trinajstić information content (AvgIpc) is 3.12. The second-order valence-electron chi connectivity index (χ2n) is 6.40. The summed E-state index contributed by atoms with van der Waals surface area (Å²) >= 11 is 1.30. The molecule has 0 bridgehead atoms. The van der Waals surface area contributed by atoms with Crippen LogP contribution in [0.25, 0.3) is 0 Å². The van der Waals surface area contributed by atoms with Gasteiger partial charge in [-0.1, -0.05) is 17.8 Å². The van der Waals surface area contributed by atoms with Crippen molar-refractivity contribution in [1.29, 1.82) is 5.26 Å². The van der Waals surface area contributed by atoms with E-state index in [-0.39, 0.29) is 18.0 Å². The van der Waals surface area contributed by atoms with Crippen LogP contribution < -0.4 is 14.8 Å². The molecule has 1 unspecified atom stereocenters. The summed E-state index contributed by atoms with van der Waals surface area (Å²) in [4.78, 5) is 17.0. The minimum absolute atomic E-state index is 0.112. The molecule has 1 aliphatic heterocycles. The van der Waals surface area contributed by atoms with Crippen molar-refractivity contribution in [3.05, 3.63) is 46.1 Å². The zero-order valence-electron chi connectivity index (χ0n) is 15.8. The minimum Gasteiger partial charge on any atom is -0.454 e. The van der Waals surface area contributed by atoms with Gasteiger partial charge in [-0.25, -0.2) is 4.98 Å². The lowest BCUT2D eigenvalue weighted by atomic mass is 10.1. The zero-order valence-corrected chi connectivity index (χ0v) is 16.6. The first-order valence-electron chi connectivity index (χ1n) is 8.61. The van der Waals surface area contributed by atoms with Crippen LogP contribution in [0.15, 0.2) is 23.2 Å². The van der Waals surface area contributed by atoms with E-state index in [4.69, 9.17) is 9.47 Å². The van der Waals surface area contributed by atoms with Crippen molar-refractivity contribution < 1.29 is 14.3 Å². The maximum absolute atomic E-state index is 12.5. The summed E-state index contributed by atoms with van der Waals surface area (Å²) in [6.45, 7) is 8.21. The summed E-state index contributed by atoms with van der Waals surface area (Å²) in [6, 6.07) is 7.81. The van der Waals surface area contributed by atoms with Crippen molar-refractivity contribution in [1.82, 2.24) is 10.3 Å². The molecule has 1 amide bonds. The molecule has 1 N–H and O–H groups in total. The molecule has 0 aliphatic carbocycles. The number of carbonyl (C=O) groups is 1. The van der Waals surface area contributed by atoms with Crippen LogP contribution in [0.4, 0.5) is 0 Å². The number of nitrogens with zero attached hydrogens (tertiary/aromatic N) is 2. The number of thioether (sulfide) groups is 1. The standard InChI is InChI=1S/C20H21N3O3S/c1-11-12(2)16(8-21)20(23-13(11)3)27-14(4)19(24)22-9-15-5-6-17-18(7-15)26-10-25-17/h5-7,14H,9-10H2,1-4H3,(H,22,24). The third-order valence-electron chi connectivity index (χ3n) is 4.64. The highest BCUT2D eigenvalue weighted by Gasteiger charge is 2.20. The predicted octanol–water partition coefficient (Wildman–Crippen LogP) is 3.40. The van der Waals surface area contributed by atoms with Gasteiger partial charge in [0.15, 0.2) is 11.5 Å². The topological polar surface area (TPSA) is 84.2 Å². The third kappa shape index (κ3) is 4.01. The van der Waals surface area contributed by atoms with Crippen molar-refractivity contribution >= 4 is 17.7 Å². The summed E-state index contributed by atoms with van der Waals surface area (Å²) in [5.74, 6) is 1.30. The lowest BCUT2D eigenvalue weighted by Crippen LogP contribution is -2.30. The van der Waals surface area contributed by atoms with Gasteiger partial charge in [-0.05, 0) is 56.5 Å². The fraction of sp³-hybridized carbons (Fsp3) is 0.350. The number of hydrogen-bond acceptors (Lipinski definition) is 6. The van der Waals surface area contributed by atoms with Gasteiger partial charge in [-0.2, -0.15) is 5.26 Å². The molecule has 2 aromatic rings. The highest BCUT2D eigenvalue weighted by molar-refractivity contribution is 8.00. The first-order chi connectivity index (χ1) is 12.9. The van der Waals surface area contributed by atoms with Crippen LogP contribution in [-0.4, -0.2) is 22.9 Å². The lowest BCUT2D eigenvalue weighted by Gasteiger charge is -2.15. The second-order valence-corrected chi connectivity index (χ2v) is 7.73. The minimum atomic E-state index is -0.375. The van der Waals surface area contributed by atoms with Gasteiger partial charge in [0.05, 0.1) is 10.8 Å². The molecule has 1 aromatic carbocycles. The number of carbonyl (C=O) groups excluding carboxylic acids is 1. The van der Waals surface area contributed by atoms with E-state index in [1.807, 2.05) is 45.9 Å². The van der Waals surface area contributed by atoms with Gasteiger partial charge in [-0.15, -0.1) is 0 Å². The fourth-order valence-electron chi connectivity index (χ4n) is 2.73. The Balaban J connectivity index is 1.65. The Morgan fingerprint density at radius 3 is 2.78 bits per heavy atom. The summed E-state index contributed by atoms with van der Waals surface area (Å²) in [6.07, 6.45) is 0. The Morgan fingerprint density at radius 1 is 1.30 bits per heavy atom. The number of ether oxygens (including phenoxy) is 2. The second kappa shape index (κ2) is 7.89. The van der Waals surface area contributed by atoms with Gasteiger partial charge in [0, 0.05) is 12.2 Å². The molecule has 3 rings (SSSR count). The van der Waals surface area contributed by atoms with E-state index in [9.17, 15) is 10.1 Å². The molecular weight excluding hydrogens is 362 g/mol. The average molecular weight is 383 g/mol. The number of pyridine rings is 1. The fourth-order valence-corrected chi connectivity index (χ4v) is 3.76. The van der Waals surface area contributed by atoms with Crippen molar-refractivity contribution in [2.24, 2.45) is 0 Å². The maximum Gasteiger partial charge on any atom is 0.233 e. The number of hydrogen-bond donors (Lipinski definition) is 1. The van der Waals surface area contributed by atoms with Crippen LogP contribution in [0.2, 0.25) is 0 Å². The van der Waals surface area contributed by atoms with Crippen molar-refractivity contribution in [2.75, 3.05) is 6.79 Å². The van der Waals surface area contributed by atoms with Crippen LogP contribution in [-0.2, 0) is 11.3 Å². The molecule has 0 saturated heterocycles. The normalized spacial score (nSPS) is 13.1. The van der Waals surface area contributed by atoms with Gasteiger partial charge < -0.3 is 14.8 Å². The summed E-state index contributed by atoms with van der Waals surface area (Å²) in [5, 5.41) is 12.6. The Bertz CT molecular complexity index is 937. The largest absolute Gasteiger partial charge is 0.454 e. The van der Waals surface area contributed by atoms with Crippen LogP contribution in [0.3, 0.4) is 0 Å². The molecule has 1 aromatic heterocycles. The monoisotopic (exact) mass is 383 g/mol. The molecule has 140 valence electrons. The molecule has 2 heterocycles. The Hall–Kier alpha value is -2.72. The number of amides is 1. The van der Waals surface area contributed by atoms with E-state index >= 15 is 0 Å². The van der Waals surface area contributed by atoms with E-state index in [1.54, 1.807) is 0 Å². The van der Waals surface area contributed by atoms with E-state index in [1.165, 1.54) is 11.8 Å². The van der Waals surface area contributed by atoms with Crippen molar-refractivity contribution in [2.45, 2.75) is 44.5 Å². The van der Waals surface area contributed by atoms with Gasteiger partial charge in [0.1, 0.15) is 11.1 Å². The molecule has 27 heavy (non-hydrogen) atoms. The summed E-state index contributed by atoms with van der Waals surface area (Å²) < 4.78 is 10.6. The number of fused-ring (bicyclic) bond motifs is 1. The van der Waals surface area contributed by atoms with Gasteiger partial charge in [-0.3, -0.25) is 4.79 Å². The first-order valence-corrected chi connectivity index (χ1v) is 9.49. The third-order valence-corrected chi connectivity index (χ3v) is 5.72.